The monoisotopic (exact) mass is 296 g/mol. The maximum absolute atomic E-state index is 6.04. The summed E-state index contributed by atoms with van der Waals surface area (Å²) in [5.41, 5.74) is 1.71. The molecule has 0 bridgehead atoms. The van der Waals surface area contributed by atoms with Crippen molar-refractivity contribution in [1.29, 1.82) is 0 Å². The van der Waals surface area contributed by atoms with Gasteiger partial charge in [-0.25, -0.2) is 0 Å². The average Bonchev–Trinajstić information content (AvgIpc) is 2.40. The molecule has 0 atom stereocenters. The second-order valence-corrected chi connectivity index (χ2v) is 6.50. The lowest BCUT2D eigenvalue weighted by Crippen LogP contribution is -2.41. The van der Waals surface area contributed by atoms with Crippen molar-refractivity contribution < 1.29 is 9.31 Å². The quantitative estimate of drug-likeness (QED) is 0.742. The fourth-order valence-electron chi connectivity index (χ4n) is 1.84. The van der Waals surface area contributed by atoms with Crippen molar-refractivity contribution in [2.45, 2.75) is 45.8 Å². The lowest BCUT2D eigenvalue weighted by molar-refractivity contribution is 0.00578. The molecule has 92 valence electrons. The van der Waals surface area contributed by atoms with E-state index in [1.54, 1.807) is 0 Å². The highest BCUT2D eigenvalue weighted by atomic mass is 79.9. The molecule has 0 amide bonds. The topological polar surface area (TPSA) is 18.5 Å². The minimum atomic E-state index is -0.285. The molecule has 0 saturated carbocycles. The van der Waals surface area contributed by atoms with Crippen molar-refractivity contribution in [1.82, 2.24) is 0 Å². The molecule has 1 aromatic carbocycles. The summed E-state index contributed by atoms with van der Waals surface area (Å²) in [7, 11) is -0.280. The van der Waals surface area contributed by atoms with E-state index in [9.17, 15) is 0 Å². The summed E-state index contributed by atoms with van der Waals surface area (Å²) in [6.07, 6.45) is 0. The van der Waals surface area contributed by atoms with E-state index in [0.29, 0.717) is 0 Å². The smallest absolute Gasteiger partial charge is 0.399 e. The number of benzene rings is 1. The Morgan fingerprint density at radius 1 is 1.06 bits per heavy atom. The van der Waals surface area contributed by atoms with Crippen LogP contribution in [0.25, 0.3) is 0 Å². The van der Waals surface area contributed by atoms with Crippen LogP contribution in [0.5, 0.6) is 0 Å². The van der Waals surface area contributed by atoms with Gasteiger partial charge in [0.2, 0.25) is 0 Å². The Morgan fingerprint density at radius 3 is 2.12 bits per heavy atom. The zero-order chi connectivity index (χ0) is 12.8. The molecule has 0 N–H and O–H groups in total. The van der Waals surface area contributed by atoms with Crippen LogP contribution in [0.2, 0.25) is 0 Å². The SMILES string of the molecule is Cc1ccc(Br)cc1B1OC(C)(C)C(C)(C)O1. The molecule has 1 aliphatic rings. The Hall–Kier alpha value is -0.315. The molecule has 0 aliphatic carbocycles. The van der Waals surface area contributed by atoms with Gasteiger partial charge in [-0.05, 0) is 52.2 Å². The molecule has 1 aliphatic heterocycles. The van der Waals surface area contributed by atoms with Crippen molar-refractivity contribution in [2.24, 2.45) is 0 Å². The third-order valence-electron chi connectivity index (χ3n) is 3.75. The Bertz CT molecular complexity index is 427. The van der Waals surface area contributed by atoms with Crippen molar-refractivity contribution in [2.75, 3.05) is 0 Å². The molecule has 1 fully saturated rings. The predicted molar refractivity (Wildman–Crippen MR) is 74.6 cm³/mol. The first-order valence-electron chi connectivity index (χ1n) is 5.85. The van der Waals surface area contributed by atoms with Crippen LogP contribution in [-0.2, 0) is 9.31 Å². The number of hydrogen-bond acceptors (Lipinski definition) is 2. The minimum Gasteiger partial charge on any atom is -0.399 e. The third kappa shape index (κ3) is 2.31. The molecule has 1 heterocycles. The molecule has 17 heavy (non-hydrogen) atoms. The van der Waals surface area contributed by atoms with Crippen LogP contribution >= 0.6 is 15.9 Å². The molecule has 2 rings (SSSR count). The maximum Gasteiger partial charge on any atom is 0.495 e. The van der Waals surface area contributed by atoms with E-state index in [1.807, 2.05) is 6.07 Å². The fraction of sp³-hybridized carbons (Fsp3) is 0.538. The van der Waals surface area contributed by atoms with Gasteiger partial charge in [0, 0.05) is 4.47 Å². The summed E-state index contributed by atoms with van der Waals surface area (Å²) in [5, 5.41) is 0. The molecule has 0 aromatic heterocycles. The van der Waals surface area contributed by atoms with Gasteiger partial charge in [0.05, 0.1) is 11.2 Å². The first-order chi connectivity index (χ1) is 7.73. The number of aryl methyl sites for hydroxylation is 1. The largest absolute Gasteiger partial charge is 0.495 e. The molecule has 4 heteroatoms. The molecule has 0 spiro atoms. The van der Waals surface area contributed by atoms with Gasteiger partial charge >= 0.3 is 7.12 Å². The summed E-state index contributed by atoms with van der Waals surface area (Å²) in [4.78, 5) is 0. The van der Waals surface area contributed by atoms with Gasteiger partial charge in [-0.1, -0.05) is 27.6 Å². The molecule has 2 nitrogen and oxygen atoms in total. The molecule has 0 radical (unpaired) electrons. The first kappa shape index (κ1) is 13.1. The summed E-state index contributed by atoms with van der Waals surface area (Å²) >= 11 is 3.49. The molecular formula is C13H18BBrO2. The highest BCUT2D eigenvalue weighted by molar-refractivity contribution is 9.10. The zero-order valence-electron chi connectivity index (χ0n) is 11.0. The normalized spacial score (nSPS) is 21.9. The van der Waals surface area contributed by atoms with Gasteiger partial charge < -0.3 is 9.31 Å². The lowest BCUT2D eigenvalue weighted by atomic mass is 9.76. The number of hydrogen-bond donors (Lipinski definition) is 0. The van der Waals surface area contributed by atoms with Crippen LogP contribution < -0.4 is 5.46 Å². The third-order valence-corrected chi connectivity index (χ3v) is 4.24. The van der Waals surface area contributed by atoms with Crippen molar-refractivity contribution in [3.63, 3.8) is 0 Å². The predicted octanol–water partition coefficient (Wildman–Crippen LogP) is 3.06. The van der Waals surface area contributed by atoms with Crippen molar-refractivity contribution in [3.05, 3.63) is 28.2 Å². The van der Waals surface area contributed by atoms with E-state index in [1.165, 1.54) is 5.56 Å². The van der Waals surface area contributed by atoms with Crippen LogP contribution in [0, 0.1) is 6.92 Å². The van der Waals surface area contributed by atoms with Crippen LogP contribution in [0.4, 0.5) is 0 Å². The summed E-state index contributed by atoms with van der Waals surface area (Å²) in [6.45, 7) is 10.4. The molecule has 1 aromatic rings. The van der Waals surface area contributed by atoms with Gasteiger partial charge in [-0.3, -0.25) is 0 Å². The minimum absolute atomic E-state index is 0.280. The van der Waals surface area contributed by atoms with Crippen molar-refractivity contribution in [3.8, 4) is 0 Å². The van der Waals surface area contributed by atoms with E-state index in [-0.39, 0.29) is 18.3 Å². The summed E-state index contributed by atoms with van der Waals surface area (Å²) in [6, 6.07) is 6.17. The molecule has 1 saturated heterocycles. The van der Waals surface area contributed by atoms with Gasteiger partial charge in [-0.2, -0.15) is 0 Å². The molecular weight excluding hydrogens is 279 g/mol. The highest BCUT2D eigenvalue weighted by Gasteiger charge is 2.52. The molecule has 0 unspecified atom stereocenters. The van der Waals surface area contributed by atoms with Gasteiger partial charge in [0.15, 0.2) is 0 Å². The van der Waals surface area contributed by atoms with Crippen molar-refractivity contribution >= 4 is 28.5 Å². The van der Waals surface area contributed by atoms with E-state index in [2.05, 4.69) is 62.7 Å². The maximum atomic E-state index is 6.04. The van der Waals surface area contributed by atoms with E-state index in [0.717, 1.165) is 9.94 Å². The average molecular weight is 297 g/mol. The zero-order valence-corrected chi connectivity index (χ0v) is 12.6. The Kier molecular flexibility index (Phi) is 3.17. The summed E-state index contributed by atoms with van der Waals surface area (Å²) in [5.74, 6) is 0. The van der Waals surface area contributed by atoms with Crippen LogP contribution in [-0.4, -0.2) is 18.3 Å². The van der Waals surface area contributed by atoms with Gasteiger partial charge in [0.1, 0.15) is 0 Å². The number of rotatable bonds is 1. The standard InChI is InChI=1S/C13H18BBrO2/c1-9-6-7-10(15)8-11(9)14-16-12(2,3)13(4,5)17-14/h6-8H,1-5H3. The fourth-order valence-corrected chi connectivity index (χ4v) is 2.21. The highest BCUT2D eigenvalue weighted by Crippen LogP contribution is 2.36. The Morgan fingerprint density at radius 2 is 1.59 bits per heavy atom. The Labute approximate surface area is 112 Å². The van der Waals surface area contributed by atoms with Crippen LogP contribution in [0.3, 0.4) is 0 Å². The summed E-state index contributed by atoms with van der Waals surface area (Å²) < 4.78 is 13.1. The van der Waals surface area contributed by atoms with E-state index in [4.69, 9.17) is 9.31 Å². The van der Waals surface area contributed by atoms with Gasteiger partial charge in [-0.15, -0.1) is 0 Å². The van der Waals surface area contributed by atoms with Gasteiger partial charge in [0.25, 0.3) is 0 Å². The second kappa shape index (κ2) is 4.11. The number of halogens is 1. The second-order valence-electron chi connectivity index (χ2n) is 5.59. The van der Waals surface area contributed by atoms with E-state index < -0.39 is 0 Å². The van der Waals surface area contributed by atoms with Crippen LogP contribution in [0.15, 0.2) is 22.7 Å². The first-order valence-corrected chi connectivity index (χ1v) is 6.64. The van der Waals surface area contributed by atoms with Crippen LogP contribution in [0.1, 0.15) is 33.3 Å². The Balaban J connectivity index is 2.35. The van der Waals surface area contributed by atoms with E-state index >= 15 is 0 Å². The lowest BCUT2D eigenvalue weighted by Gasteiger charge is -2.32.